The summed E-state index contributed by atoms with van der Waals surface area (Å²) in [5.41, 5.74) is 2.30. The van der Waals surface area contributed by atoms with Gasteiger partial charge in [0.2, 0.25) is 0 Å². The van der Waals surface area contributed by atoms with Gasteiger partial charge in [0.15, 0.2) is 0 Å². The van der Waals surface area contributed by atoms with E-state index >= 15 is 0 Å². The van der Waals surface area contributed by atoms with E-state index in [0.717, 1.165) is 24.1 Å². The van der Waals surface area contributed by atoms with Gasteiger partial charge < -0.3 is 10.6 Å². The Labute approximate surface area is 180 Å². The number of amides is 1. The lowest BCUT2D eigenvalue weighted by Gasteiger charge is -2.19. The van der Waals surface area contributed by atoms with Gasteiger partial charge in [0, 0.05) is 17.8 Å². The summed E-state index contributed by atoms with van der Waals surface area (Å²) in [6.45, 7) is 1.88. The molecule has 0 radical (unpaired) electrons. The Hall–Kier alpha value is -3.74. The highest BCUT2D eigenvalue weighted by atomic mass is 16.6. The maximum atomic E-state index is 12.9. The Bertz CT molecular complexity index is 1070. The van der Waals surface area contributed by atoms with Crippen LogP contribution in [0.15, 0.2) is 72.9 Å². The van der Waals surface area contributed by atoms with Crippen LogP contribution in [0.2, 0.25) is 0 Å². The summed E-state index contributed by atoms with van der Waals surface area (Å²) < 4.78 is 0. The topological polar surface area (TPSA) is 97.2 Å². The second-order valence-electron chi connectivity index (χ2n) is 7.81. The minimum Gasteiger partial charge on any atom is -0.371 e. The van der Waals surface area contributed by atoms with Crippen LogP contribution >= 0.6 is 0 Å². The van der Waals surface area contributed by atoms with Crippen LogP contribution in [0.25, 0.3) is 0 Å². The standard InChI is InChI=1S/C24H24N4O3/c1-16(20-9-5-6-14-25-20)26-21-13-12-19(15-22(21)28(30)31)24(29)27-23(18-10-11-18)17-7-3-2-4-8-17/h2-9,12-16,18,23,26H,10-11H2,1H3,(H,27,29). The van der Waals surface area contributed by atoms with E-state index in [4.69, 9.17) is 0 Å². The lowest BCUT2D eigenvalue weighted by atomic mass is 10.0. The number of benzene rings is 2. The van der Waals surface area contributed by atoms with Crippen LogP contribution < -0.4 is 10.6 Å². The number of pyridine rings is 1. The third-order valence-corrected chi connectivity index (χ3v) is 5.50. The van der Waals surface area contributed by atoms with E-state index in [1.165, 1.54) is 6.07 Å². The fourth-order valence-corrected chi connectivity index (χ4v) is 3.67. The van der Waals surface area contributed by atoms with Crippen molar-refractivity contribution in [1.82, 2.24) is 10.3 Å². The fourth-order valence-electron chi connectivity index (χ4n) is 3.67. The van der Waals surface area contributed by atoms with Crippen LogP contribution in [0.1, 0.15) is 53.5 Å². The van der Waals surface area contributed by atoms with E-state index in [-0.39, 0.29) is 29.2 Å². The summed E-state index contributed by atoms with van der Waals surface area (Å²) in [6.07, 6.45) is 3.81. The average Bonchev–Trinajstić information content (AvgIpc) is 3.64. The molecule has 3 aromatic rings. The Morgan fingerprint density at radius 1 is 1.10 bits per heavy atom. The molecular weight excluding hydrogens is 392 g/mol. The molecule has 2 atom stereocenters. The van der Waals surface area contributed by atoms with Gasteiger partial charge >= 0.3 is 0 Å². The Kier molecular flexibility index (Phi) is 5.93. The Morgan fingerprint density at radius 2 is 1.84 bits per heavy atom. The van der Waals surface area contributed by atoms with Crippen molar-refractivity contribution in [2.75, 3.05) is 5.32 Å². The van der Waals surface area contributed by atoms with Crippen molar-refractivity contribution >= 4 is 17.3 Å². The van der Waals surface area contributed by atoms with E-state index < -0.39 is 4.92 Å². The summed E-state index contributed by atoms with van der Waals surface area (Å²) in [5, 5.41) is 17.9. The number of hydrogen-bond donors (Lipinski definition) is 2. The third-order valence-electron chi connectivity index (χ3n) is 5.50. The highest BCUT2D eigenvalue weighted by Gasteiger charge is 2.33. The van der Waals surface area contributed by atoms with Crippen molar-refractivity contribution in [2.45, 2.75) is 31.8 Å². The molecule has 1 aromatic heterocycles. The number of nitrogens with one attached hydrogen (secondary N) is 2. The molecule has 1 saturated carbocycles. The largest absolute Gasteiger partial charge is 0.371 e. The van der Waals surface area contributed by atoms with Gasteiger partial charge in [-0.2, -0.15) is 0 Å². The van der Waals surface area contributed by atoms with Gasteiger partial charge in [-0.15, -0.1) is 0 Å². The predicted molar refractivity (Wildman–Crippen MR) is 119 cm³/mol. The molecule has 31 heavy (non-hydrogen) atoms. The number of nitro groups is 1. The van der Waals surface area contributed by atoms with Crippen molar-refractivity contribution in [3.8, 4) is 0 Å². The van der Waals surface area contributed by atoms with Gasteiger partial charge in [0.05, 0.1) is 22.7 Å². The van der Waals surface area contributed by atoms with E-state index in [2.05, 4.69) is 15.6 Å². The smallest absolute Gasteiger partial charge is 0.293 e. The second-order valence-corrected chi connectivity index (χ2v) is 7.81. The molecule has 1 aliphatic rings. The molecule has 2 aromatic carbocycles. The molecule has 0 saturated heterocycles. The van der Waals surface area contributed by atoms with Gasteiger partial charge in [-0.3, -0.25) is 19.9 Å². The zero-order valence-corrected chi connectivity index (χ0v) is 17.2. The van der Waals surface area contributed by atoms with Crippen LogP contribution in [0.3, 0.4) is 0 Å². The van der Waals surface area contributed by atoms with E-state index in [1.54, 1.807) is 18.3 Å². The van der Waals surface area contributed by atoms with E-state index in [9.17, 15) is 14.9 Å². The number of aromatic nitrogens is 1. The minimum atomic E-state index is -0.472. The van der Waals surface area contributed by atoms with Gasteiger partial charge in [-0.05, 0) is 55.5 Å². The third kappa shape index (κ3) is 4.88. The normalized spacial score (nSPS) is 15.0. The molecule has 1 amide bonds. The van der Waals surface area contributed by atoms with Crippen LogP contribution in [0.4, 0.5) is 11.4 Å². The fraction of sp³-hybridized carbons (Fsp3) is 0.250. The van der Waals surface area contributed by atoms with Crippen molar-refractivity contribution in [2.24, 2.45) is 5.92 Å². The molecule has 2 N–H and O–H groups in total. The summed E-state index contributed by atoms with van der Waals surface area (Å²) in [4.78, 5) is 28.4. The van der Waals surface area contributed by atoms with Gasteiger partial charge in [-0.1, -0.05) is 36.4 Å². The first-order valence-corrected chi connectivity index (χ1v) is 10.3. The lowest BCUT2D eigenvalue weighted by molar-refractivity contribution is -0.384. The van der Waals surface area contributed by atoms with Gasteiger partial charge in [-0.25, -0.2) is 0 Å². The molecular formula is C24H24N4O3. The summed E-state index contributed by atoms with van der Waals surface area (Å²) in [5.74, 6) is 0.0923. The molecule has 0 spiro atoms. The van der Waals surface area contributed by atoms with Crippen LogP contribution in [-0.4, -0.2) is 15.8 Å². The van der Waals surface area contributed by atoms with Crippen molar-refractivity contribution in [3.05, 3.63) is 99.9 Å². The highest BCUT2D eigenvalue weighted by Crippen LogP contribution is 2.41. The minimum absolute atomic E-state index is 0.0882. The number of hydrogen-bond acceptors (Lipinski definition) is 5. The number of nitrogens with zero attached hydrogens (tertiary/aromatic N) is 2. The van der Waals surface area contributed by atoms with Gasteiger partial charge in [0.1, 0.15) is 5.69 Å². The number of rotatable bonds is 8. The number of anilines is 1. The number of nitro benzene ring substituents is 1. The number of carbonyl (C=O) groups excluding carboxylic acids is 1. The first-order chi connectivity index (χ1) is 15.0. The number of carbonyl (C=O) groups is 1. The average molecular weight is 416 g/mol. The van der Waals surface area contributed by atoms with Crippen LogP contribution in [0.5, 0.6) is 0 Å². The van der Waals surface area contributed by atoms with Gasteiger partial charge in [0.25, 0.3) is 11.6 Å². The summed E-state index contributed by atoms with van der Waals surface area (Å²) in [7, 11) is 0. The van der Waals surface area contributed by atoms with Crippen molar-refractivity contribution < 1.29 is 9.72 Å². The molecule has 7 nitrogen and oxygen atoms in total. The van der Waals surface area contributed by atoms with E-state index in [1.807, 2.05) is 55.5 Å². The van der Waals surface area contributed by atoms with Crippen molar-refractivity contribution in [1.29, 1.82) is 0 Å². The second kappa shape index (κ2) is 8.95. The van der Waals surface area contributed by atoms with Crippen LogP contribution in [-0.2, 0) is 0 Å². The lowest BCUT2D eigenvalue weighted by Crippen LogP contribution is -2.30. The summed E-state index contributed by atoms with van der Waals surface area (Å²) in [6, 6.07) is 19.6. The maximum Gasteiger partial charge on any atom is 0.293 e. The zero-order chi connectivity index (χ0) is 21.8. The predicted octanol–water partition coefficient (Wildman–Crippen LogP) is 5.04. The molecule has 0 aliphatic heterocycles. The van der Waals surface area contributed by atoms with Crippen LogP contribution in [0, 0.1) is 16.0 Å². The molecule has 2 unspecified atom stereocenters. The molecule has 158 valence electrons. The quantitative estimate of drug-likeness (QED) is 0.396. The maximum absolute atomic E-state index is 12.9. The SMILES string of the molecule is CC(Nc1ccc(C(=O)NC(c2ccccc2)C2CC2)cc1[N+](=O)[O-])c1ccccn1. The Morgan fingerprint density at radius 3 is 2.48 bits per heavy atom. The zero-order valence-electron chi connectivity index (χ0n) is 17.2. The Balaban J connectivity index is 1.54. The van der Waals surface area contributed by atoms with E-state index in [0.29, 0.717) is 11.6 Å². The highest BCUT2D eigenvalue weighted by molar-refractivity contribution is 5.96. The molecule has 1 fully saturated rings. The molecule has 1 aliphatic carbocycles. The van der Waals surface area contributed by atoms with Crippen molar-refractivity contribution in [3.63, 3.8) is 0 Å². The molecule has 0 bridgehead atoms. The summed E-state index contributed by atoms with van der Waals surface area (Å²) >= 11 is 0. The molecule has 1 heterocycles. The first kappa shape index (κ1) is 20.5. The monoisotopic (exact) mass is 416 g/mol. The molecule has 7 heteroatoms. The first-order valence-electron chi connectivity index (χ1n) is 10.3. The molecule has 4 rings (SSSR count).